The summed E-state index contributed by atoms with van der Waals surface area (Å²) >= 11 is 0. The second kappa shape index (κ2) is 5.45. The largest absolute Gasteiger partial charge is 0.446 e. The van der Waals surface area contributed by atoms with E-state index >= 15 is 0 Å². The normalized spacial score (nSPS) is 15.2. The molecule has 0 unspecified atom stereocenters. The van der Waals surface area contributed by atoms with Crippen LogP contribution < -0.4 is 0 Å². The molecule has 2 heteroatoms. The molecule has 0 heterocycles. The van der Waals surface area contributed by atoms with Crippen LogP contribution in [0.2, 0.25) is 0 Å². The molecular formula is C20H20O2. The Labute approximate surface area is 131 Å². The molecule has 0 radical (unpaired) electrons. The Morgan fingerprint density at radius 1 is 1.00 bits per heavy atom. The van der Waals surface area contributed by atoms with Gasteiger partial charge in [-0.1, -0.05) is 55.1 Å². The van der Waals surface area contributed by atoms with Gasteiger partial charge < -0.3 is 4.74 Å². The van der Waals surface area contributed by atoms with Crippen LogP contribution in [0.5, 0.6) is 0 Å². The number of fused-ring (bicyclic) bond motifs is 2. The van der Waals surface area contributed by atoms with Gasteiger partial charge in [0.25, 0.3) is 0 Å². The summed E-state index contributed by atoms with van der Waals surface area (Å²) in [5, 5.41) is 0. The van der Waals surface area contributed by atoms with E-state index in [4.69, 9.17) is 4.74 Å². The molecule has 0 aromatic heterocycles. The maximum absolute atomic E-state index is 12.2. The van der Waals surface area contributed by atoms with Crippen LogP contribution in [0, 0.1) is 0 Å². The van der Waals surface area contributed by atoms with Crippen LogP contribution in [-0.2, 0) is 28.0 Å². The first-order valence-corrected chi connectivity index (χ1v) is 7.58. The lowest BCUT2D eigenvalue weighted by atomic mass is 9.85. The lowest BCUT2D eigenvalue weighted by Crippen LogP contribution is -2.32. The topological polar surface area (TPSA) is 26.3 Å². The first-order valence-electron chi connectivity index (χ1n) is 7.58. The maximum atomic E-state index is 12.2. The standard InChI is InChI=1S/C20H20O2/c1-14(2)19(21)22-20(3)17-10-6-4-8-15(17)12-13-16-9-5-7-11-18(16)20/h4-11H,1,12-13H2,2-3H3. The molecule has 0 amide bonds. The summed E-state index contributed by atoms with van der Waals surface area (Å²) in [6.45, 7) is 7.38. The number of ether oxygens (including phenoxy) is 1. The molecule has 0 bridgehead atoms. The molecular weight excluding hydrogens is 272 g/mol. The highest BCUT2D eigenvalue weighted by Gasteiger charge is 2.38. The fourth-order valence-electron chi connectivity index (χ4n) is 3.20. The second-order valence-electron chi connectivity index (χ2n) is 6.02. The average molecular weight is 292 g/mol. The Bertz CT molecular complexity index is 695. The zero-order valence-corrected chi connectivity index (χ0v) is 13.1. The number of benzene rings is 2. The Hall–Kier alpha value is -2.35. The molecule has 0 saturated carbocycles. The first kappa shape index (κ1) is 14.6. The third-order valence-electron chi connectivity index (χ3n) is 4.37. The predicted octanol–water partition coefficient (Wildman–Crippen LogP) is 4.17. The highest BCUT2D eigenvalue weighted by molar-refractivity contribution is 5.87. The summed E-state index contributed by atoms with van der Waals surface area (Å²) in [5.41, 5.74) is 4.23. The maximum Gasteiger partial charge on any atom is 0.334 e. The monoisotopic (exact) mass is 292 g/mol. The minimum absolute atomic E-state index is 0.353. The van der Waals surface area contributed by atoms with Gasteiger partial charge in [0.2, 0.25) is 0 Å². The van der Waals surface area contributed by atoms with Gasteiger partial charge >= 0.3 is 5.97 Å². The predicted molar refractivity (Wildman–Crippen MR) is 87.7 cm³/mol. The van der Waals surface area contributed by atoms with Gasteiger partial charge in [0.1, 0.15) is 0 Å². The van der Waals surface area contributed by atoms with Crippen molar-refractivity contribution in [2.75, 3.05) is 0 Å². The molecule has 0 fully saturated rings. The number of carbonyl (C=O) groups is 1. The fraction of sp³-hybridized carbons (Fsp3) is 0.250. The van der Waals surface area contributed by atoms with Gasteiger partial charge in [-0.25, -0.2) is 4.79 Å². The summed E-state index contributed by atoms with van der Waals surface area (Å²) in [6, 6.07) is 16.4. The quantitative estimate of drug-likeness (QED) is 0.613. The SMILES string of the molecule is C=C(C)C(=O)OC1(C)c2ccccc2CCc2ccccc21. The van der Waals surface area contributed by atoms with Gasteiger partial charge in [0, 0.05) is 16.7 Å². The molecule has 1 aliphatic rings. The van der Waals surface area contributed by atoms with E-state index in [-0.39, 0.29) is 5.97 Å². The van der Waals surface area contributed by atoms with Gasteiger partial charge in [0.15, 0.2) is 5.60 Å². The number of esters is 1. The number of hydrogen-bond donors (Lipinski definition) is 0. The van der Waals surface area contributed by atoms with Crippen molar-refractivity contribution < 1.29 is 9.53 Å². The average Bonchev–Trinajstić information content (AvgIpc) is 2.64. The Kier molecular flexibility index (Phi) is 3.61. The third-order valence-corrected chi connectivity index (χ3v) is 4.37. The van der Waals surface area contributed by atoms with Crippen LogP contribution >= 0.6 is 0 Å². The Morgan fingerprint density at radius 2 is 1.45 bits per heavy atom. The van der Waals surface area contributed by atoms with E-state index in [9.17, 15) is 4.79 Å². The summed E-state index contributed by atoms with van der Waals surface area (Å²) in [6.07, 6.45) is 1.90. The molecule has 112 valence electrons. The van der Waals surface area contributed by atoms with Crippen molar-refractivity contribution in [1.29, 1.82) is 0 Å². The van der Waals surface area contributed by atoms with Crippen LogP contribution in [0.4, 0.5) is 0 Å². The number of hydrogen-bond acceptors (Lipinski definition) is 2. The molecule has 0 aliphatic heterocycles. The molecule has 2 nitrogen and oxygen atoms in total. The van der Waals surface area contributed by atoms with Crippen LogP contribution in [0.3, 0.4) is 0 Å². The fourth-order valence-corrected chi connectivity index (χ4v) is 3.20. The number of aryl methyl sites for hydroxylation is 2. The van der Waals surface area contributed by atoms with Gasteiger partial charge in [-0.05, 0) is 37.8 Å². The second-order valence-corrected chi connectivity index (χ2v) is 6.02. The summed E-state index contributed by atoms with van der Waals surface area (Å²) in [7, 11) is 0. The van der Waals surface area contributed by atoms with Crippen LogP contribution in [0.25, 0.3) is 0 Å². The van der Waals surface area contributed by atoms with Crippen molar-refractivity contribution in [2.45, 2.75) is 32.3 Å². The molecule has 22 heavy (non-hydrogen) atoms. The molecule has 2 aromatic carbocycles. The summed E-state index contributed by atoms with van der Waals surface area (Å²) in [5.74, 6) is -0.353. The Morgan fingerprint density at radius 3 is 1.91 bits per heavy atom. The first-order chi connectivity index (χ1) is 10.5. The molecule has 0 atom stereocenters. The third kappa shape index (κ3) is 2.35. The molecule has 3 rings (SSSR count). The summed E-state index contributed by atoms with van der Waals surface area (Å²) in [4.78, 5) is 12.2. The van der Waals surface area contributed by atoms with Crippen molar-refractivity contribution in [3.8, 4) is 0 Å². The van der Waals surface area contributed by atoms with Crippen molar-refractivity contribution in [3.63, 3.8) is 0 Å². The highest BCUT2D eigenvalue weighted by Crippen LogP contribution is 2.40. The Balaban J connectivity index is 2.21. The van der Waals surface area contributed by atoms with Gasteiger partial charge in [-0.3, -0.25) is 0 Å². The van der Waals surface area contributed by atoms with Crippen LogP contribution in [-0.4, -0.2) is 5.97 Å². The van der Waals surface area contributed by atoms with E-state index in [1.165, 1.54) is 11.1 Å². The van der Waals surface area contributed by atoms with Crippen molar-refractivity contribution in [2.24, 2.45) is 0 Å². The number of rotatable bonds is 2. The molecule has 0 N–H and O–H groups in total. The molecule has 0 spiro atoms. The van der Waals surface area contributed by atoms with Crippen LogP contribution in [0.1, 0.15) is 36.1 Å². The summed E-state index contributed by atoms with van der Waals surface area (Å²) < 4.78 is 5.93. The van der Waals surface area contributed by atoms with Crippen molar-refractivity contribution in [1.82, 2.24) is 0 Å². The lowest BCUT2D eigenvalue weighted by Gasteiger charge is -2.32. The smallest absolute Gasteiger partial charge is 0.334 e. The van der Waals surface area contributed by atoms with E-state index in [0.717, 1.165) is 24.0 Å². The van der Waals surface area contributed by atoms with E-state index in [1.54, 1.807) is 6.92 Å². The van der Waals surface area contributed by atoms with Crippen LogP contribution in [0.15, 0.2) is 60.7 Å². The lowest BCUT2D eigenvalue weighted by molar-refractivity contribution is -0.150. The van der Waals surface area contributed by atoms with E-state index in [0.29, 0.717) is 5.57 Å². The van der Waals surface area contributed by atoms with Crippen molar-refractivity contribution >= 4 is 5.97 Å². The minimum Gasteiger partial charge on any atom is -0.446 e. The van der Waals surface area contributed by atoms with Gasteiger partial charge in [-0.15, -0.1) is 0 Å². The van der Waals surface area contributed by atoms with Gasteiger partial charge in [-0.2, -0.15) is 0 Å². The molecule has 2 aromatic rings. The molecule has 0 saturated heterocycles. The zero-order valence-electron chi connectivity index (χ0n) is 13.1. The zero-order chi connectivity index (χ0) is 15.7. The number of carbonyl (C=O) groups excluding carboxylic acids is 1. The van der Waals surface area contributed by atoms with E-state index in [1.807, 2.05) is 31.2 Å². The van der Waals surface area contributed by atoms with Gasteiger partial charge in [0.05, 0.1) is 0 Å². The van der Waals surface area contributed by atoms with E-state index < -0.39 is 5.60 Å². The van der Waals surface area contributed by atoms with E-state index in [2.05, 4.69) is 30.8 Å². The highest BCUT2D eigenvalue weighted by atomic mass is 16.6. The van der Waals surface area contributed by atoms with Crippen molar-refractivity contribution in [3.05, 3.63) is 82.9 Å². The molecule has 1 aliphatic carbocycles. The minimum atomic E-state index is -0.778.